The molecule has 4 heteroatoms. The molecule has 262 valence electrons. The van der Waals surface area contributed by atoms with Gasteiger partial charge in [0.2, 0.25) is 11.5 Å². The van der Waals surface area contributed by atoms with E-state index >= 15 is 0 Å². The summed E-state index contributed by atoms with van der Waals surface area (Å²) in [6, 6.07) is 0. The van der Waals surface area contributed by atoms with Crippen molar-refractivity contribution < 1.29 is 20.1 Å². The molecule has 0 amide bonds. The van der Waals surface area contributed by atoms with Crippen molar-refractivity contribution in [3.63, 3.8) is 0 Å². The average molecular weight is 647 g/mol. The van der Waals surface area contributed by atoms with Crippen molar-refractivity contribution in [2.24, 2.45) is 0 Å². The van der Waals surface area contributed by atoms with E-state index in [1.165, 1.54) is 52.5 Å². The Labute approximate surface area is 288 Å². The summed E-state index contributed by atoms with van der Waals surface area (Å²) in [5.41, 5.74) is 11.0. The zero-order chi connectivity index (χ0) is 35.4. The molecule has 1 aromatic carbocycles. The van der Waals surface area contributed by atoms with Gasteiger partial charge >= 0.3 is 0 Å². The lowest BCUT2D eigenvalue weighted by molar-refractivity contribution is 0.326. The fourth-order valence-electron chi connectivity index (χ4n) is 5.51. The smallest absolute Gasteiger partial charge is 0.207 e. The van der Waals surface area contributed by atoms with E-state index in [0.29, 0.717) is 17.5 Å². The number of phenolic OH excluding ortho intramolecular Hbond substituents is 3. The number of allylic oxidation sites excluding steroid dienone is 14. The molecule has 0 atom stereocenters. The first-order valence-corrected chi connectivity index (χ1v) is 17.6. The van der Waals surface area contributed by atoms with Crippen LogP contribution in [0.4, 0.5) is 0 Å². The standard InChI is InChI=1S/C43H66O4/c1-31(2)17-11-18-32(3)19-12-20-33(4)21-13-22-34(5)23-14-24-35(6)25-15-26-36(7)27-16-28-37(8)29-30-39-38(9)40(44)42(46)43(47-10)41(39)45/h17,19,21,23,25,27,29,44-46H,11-16,18,20,22,24,26,28,30H2,1-10H3/b32-19+,33-21+,34-23+,35-25+,36-27+,37-29+. The molecule has 1 rings (SSSR count). The highest BCUT2D eigenvalue weighted by atomic mass is 16.5. The van der Waals surface area contributed by atoms with Crippen LogP contribution in [-0.2, 0) is 6.42 Å². The molecule has 3 N–H and O–H groups in total. The fourth-order valence-corrected chi connectivity index (χ4v) is 5.51. The summed E-state index contributed by atoms with van der Waals surface area (Å²) < 4.78 is 5.07. The van der Waals surface area contributed by atoms with Gasteiger partial charge in [0, 0.05) is 11.1 Å². The fraction of sp³-hybridized carbons (Fsp3) is 0.535. The molecule has 0 fully saturated rings. The molecular weight excluding hydrogens is 580 g/mol. The van der Waals surface area contributed by atoms with Gasteiger partial charge in [0.1, 0.15) is 0 Å². The third kappa shape index (κ3) is 17.4. The van der Waals surface area contributed by atoms with Crippen LogP contribution in [0.25, 0.3) is 0 Å². The van der Waals surface area contributed by atoms with E-state index in [9.17, 15) is 15.3 Å². The van der Waals surface area contributed by atoms with Crippen molar-refractivity contribution in [3.05, 3.63) is 92.7 Å². The number of benzene rings is 1. The number of ether oxygens (including phenoxy) is 1. The van der Waals surface area contributed by atoms with Crippen LogP contribution in [0.5, 0.6) is 23.0 Å². The third-order valence-electron chi connectivity index (χ3n) is 8.86. The summed E-state index contributed by atoms with van der Waals surface area (Å²) in [4.78, 5) is 0. The van der Waals surface area contributed by atoms with E-state index in [1.807, 2.05) is 0 Å². The molecule has 1 aromatic rings. The normalized spacial score (nSPS) is 13.7. The van der Waals surface area contributed by atoms with Crippen LogP contribution in [0.1, 0.15) is 144 Å². The molecule has 0 bridgehead atoms. The topological polar surface area (TPSA) is 69.9 Å². The SMILES string of the molecule is COc1c(O)c(O)c(C)c(C/C=C(\C)CC/C=C(\C)CC/C=C(\C)CC/C=C(\C)CC/C=C(\C)CC/C=C(\C)CCC=C(C)C)c1O. The monoisotopic (exact) mass is 646 g/mol. The summed E-state index contributed by atoms with van der Waals surface area (Å²) in [7, 11) is 1.36. The molecule has 0 heterocycles. The van der Waals surface area contributed by atoms with Gasteiger partial charge in [-0.1, -0.05) is 81.5 Å². The van der Waals surface area contributed by atoms with Crippen LogP contribution < -0.4 is 4.74 Å². The Morgan fingerprint density at radius 2 is 0.787 bits per heavy atom. The molecule has 47 heavy (non-hydrogen) atoms. The molecule has 0 aliphatic heterocycles. The third-order valence-corrected chi connectivity index (χ3v) is 8.86. The van der Waals surface area contributed by atoms with E-state index in [1.54, 1.807) is 6.92 Å². The van der Waals surface area contributed by atoms with Gasteiger partial charge in [-0.25, -0.2) is 0 Å². The van der Waals surface area contributed by atoms with Gasteiger partial charge in [0.15, 0.2) is 11.5 Å². The van der Waals surface area contributed by atoms with Crippen LogP contribution >= 0.6 is 0 Å². The van der Waals surface area contributed by atoms with E-state index in [-0.39, 0.29) is 17.2 Å². The minimum atomic E-state index is -0.426. The number of rotatable bonds is 21. The maximum Gasteiger partial charge on any atom is 0.207 e. The molecule has 0 aliphatic rings. The minimum absolute atomic E-state index is 0.0896. The van der Waals surface area contributed by atoms with Crippen LogP contribution in [0.15, 0.2) is 81.5 Å². The summed E-state index contributed by atoms with van der Waals surface area (Å²) >= 11 is 0. The number of hydrogen-bond acceptors (Lipinski definition) is 4. The van der Waals surface area contributed by atoms with Crippen molar-refractivity contribution in [2.75, 3.05) is 7.11 Å². The van der Waals surface area contributed by atoms with Gasteiger partial charge in [-0.3, -0.25) is 0 Å². The Morgan fingerprint density at radius 1 is 0.468 bits per heavy atom. The lowest BCUT2D eigenvalue weighted by Crippen LogP contribution is -1.95. The van der Waals surface area contributed by atoms with Crippen LogP contribution in [0.2, 0.25) is 0 Å². The van der Waals surface area contributed by atoms with Gasteiger partial charge in [-0.05, 0) is 146 Å². The second kappa shape index (κ2) is 23.0. The highest BCUT2D eigenvalue weighted by molar-refractivity contribution is 5.65. The number of phenols is 3. The summed E-state index contributed by atoms with van der Waals surface area (Å²) in [5.74, 6) is -0.887. The summed E-state index contributed by atoms with van der Waals surface area (Å²) in [6.07, 6.45) is 30.0. The number of hydrogen-bond donors (Lipinski definition) is 3. The number of aromatic hydroxyl groups is 3. The molecular formula is C43H66O4. The maximum absolute atomic E-state index is 10.5. The first-order valence-electron chi connectivity index (χ1n) is 17.6. The zero-order valence-corrected chi connectivity index (χ0v) is 31.5. The zero-order valence-electron chi connectivity index (χ0n) is 31.5. The van der Waals surface area contributed by atoms with E-state index in [0.717, 1.165) is 70.6 Å². The van der Waals surface area contributed by atoms with Gasteiger partial charge in [-0.2, -0.15) is 0 Å². The lowest BCUT2D eigenvalue weighted by Gasteiger charge is -2.15. The summed E-state index contributed by atoms with van der Waals surface area (Å²) in [6.45, 7) is 19.4. The Hall–Kier alpha value is -3.40. The molecule has 0 saturated heterocycles. The molecule has 0 aromatic heterocycles. The molecule has 0 aliphatic carbocycles. The average Bonchev–Trinajstić information content (AvgIpc) is 3.00. The van der Waals surface area contributed by atoms with Gasteiger partial charge in [0.05, 0.1) is 7.11 Å². The second-order valence-corrected chi connectivity index (χ2v) is 13.7. The predicted molar refractivity (Wildman–Crippen MR) is 204 cm³/mol. The molecule has 0 spiro atoms. The predicted octanol–water partition coefficient (Wildman–Crippen LogP) is 13.0. The molecule has 4 nitrogen and oxygen atoms in total. The highest BCUT2D eigenvalue weighted by Crippen LogP contribution is 2.47. The van der Waals surface area contributed by atoms with Crippen molar-refractivity contribution in [1.82, 2.24) is 0 Å². The quantitative estimate of drug-likeness (QED) is 0.0706. The van der Waals surface area contributed by atoms with E-state index in [2.05, 4.69) is 97.9 Å². The first-order chi connectivity index (χ1) is 22.3. The molecule has 0 unspecified atom stereocenters. The minimum Gasteiger partial charge on any atom is -0.504 e. The maximum atomic E-state index is 10.5. The van der Waals surface area contributed by atoms with Gasteiger partial charge in [-0.15, -0.1) is 0 Å². The van der Waals surface area contributed by atoms with Crippen molar-refractivity contribution in [1.29, 1.82) is 0 Å². The van der Waals surface area contributed by atoms with E-state index < -0.39 is 5.75 Å². The van der Waals surface area contributed by atoms with Gasteiger partial charge < -0.3 is 20.1 Å². The van der Waals surface area contributed by atoms with Gasteiger partial charge in [0.25, 0.3) is 0 Å². The Morgan fingerprint density at radius 3 is 1.11 bits per heavy atom. The largest absolute Gasteiger partial charge is 0.504 e. The lowest BCUT2D eigenvalue weighted by atomic mass is 9.99. The Bertz CT molecular complexity index is 1340. The molecule has 0 saturated carbocycles. The van der Waals surface area contributed by atoms with Crippen LogP contribution in [0.3, 0.4) is 0 Å². The second-order valence-electron chi connectivity index (χ2n) is 13.7. The highest BCUT2D eigenvalue weighted by Gasteiger charge is 2.21. The van der Waals surface area contributed by atoms with Crippen molar-refractivity contribution >= 4 is 0 Å². The number of methoxy groups -OCH3 is 1. The Balaban J connectivity index is 2.37. The van der Waals surface area contributed by atoms with Crippen molar-refractivity contribution in [2.45, 2.75) is 146 Å². The van der Waals surface area contributed by atoms with Crippen molar-refractivity contribution in [3.8, 4) is 23.0 Å². The Kier molecular flexibility index (Phi) is 20.4. The van der Waals surface area contributed by atoms with Crippen LogP contribution in [0, 0.1) is 6.92 Å². The molecule has 0 radical (unpaired) electrons. The first kappa shape index (κ1) is 41.6. The summed E-state index contributed by atoms with van der Waals surface area (Å²) in [5, 5.41) is 30.7. The van der Waals surface area contributed by atoms with E-state index in [4.69, 9.17) is 4.74 Å². The van der Waals surface area contributed by atoms with Crippen LogP contribution in [-0.4, -0.2) is 22.4 Å².